The van der Waals surface area contributed by atoms with Crippen molar-refractivity contribution in [3.8, 4) is 0 Å². The number of hydrogen-bond acceptors (Lipinski definition) is 3. The first kappa shape index (κ1) is 19.4. The van der Waals surface area contributed by atoms with Gasteiger partial charge >= 0.3 is 0 Å². The van der Waals surface area contributed by atoms with Gasteiger partial charge in [-0.2, -0.15) is 0 Å². The Labute approximate surface area is 168 Å². The molecule has 0 bridgehead atoms. The van der Waals surface area contributed by atoms with Crippen molar-refractivity contribution in [1.29, 1.82) is 0 Å². The van der Waals surface area contributed by atoms with E-state index in [1.54, 1.807) is 12.2 Å². The highest BCUT2D eigenvalue weighted by Gasteiger charge is 2.41. The Balaban J connectivity index is 1.54. The summed E-state index contributed by atoms with van der Waals surface area (Å²) in [5.74, 6) is 0.400. The average Bonchev–Trinajstić information content (AvgIpc) is 3.17. The molecule has 1 aliphatic carbocycles. The van der Waals surface area contributed by atoms with Crippen LogP contribution in [0.1, 0.15) is 37.3 Å². The number of benzene rings is 1. The van der Waals surface area contributed by atoms with Crippen molar-refractivity contribution in [2.75, 3.05) is 33.7 Å². The molecule has 1 fully saturated rings. The topological polar surface area (TPSA) is 18.5 Å². The number of hydrogen-bond donors (Lipinski definition) is 1. The molecule has 0 amide bonds. The van der Waals surface area contributed by atoms with Gasteiger partial charge in [-0.05, 0) is 70.1 Å². The minimum Gasteiger partial charge on any atom is -0.377 e. The summed E-state index contributed by atoms with van der Waals surface area (Å²) < 4.78 is 13.8. The number of halogens is 1. The van der Waals surface area contributed by atoms with E-state index in [0.717, 1.165) is 25.2 Å². The van der Waals surface area contributed by atoms with Crippen LogP contribution < -0.4 is 5.32 Å². The van der Waals surface area contributed by atoms with Crippen molar-refractivity contribution in [2.24, 2.45) is 0 Å². The van der Waals surface area contributed by atoms with Crippen LogP contribution in [-0.4, -0.2) is 55.1 Å². The summed E-state index contributed by atoms with van der Waals surface area (Å²) >= 11 is 0. The Morgan fingerprint density at radius 2 is 1.89 bits per heavy atom. The fraction of sp³-hybridized carbons (Fsp3) is 0.500. The van der Waals surface area contributed by atoms with Crippen LogP contribution in [0.2, 0.25) is 0 Å². The van der Waals surface area contributed by atoms with Crippen LogP contribution in [-0.2, 0) is 0 Å². The molecular weight excluding hydrogens is 349 g/mol. The molecule has 0 saturated carbocycles. The molecule has 1 aromatic rings. The minimum absolute atomic E-state index is 0.108. The molecule has 4 heteroatoms. The van der Waals surface area contributed by atoms with Crippen LogP contribution in [0.3, 0.4) is 0 Å². The molecule has 2 heterocycles. The predicted molar refractivity (Wildman–Crippen MR) is 114 cm³/mol. The van der Waals surface area contributed by atoms with Crippen molar-refractivity contribution < 1.29 is 4.39 Å². The number of fused-ring (bicyclic) bond motifs is 1. The fourth-order valence-electron chi connectivity index (χ4n) is 5.04. The molecule has 0 spiro atoms. The van der Waals surface area contributed by atoms with Gasteiger partial charge in [0.15, 0.2) is 0 Å². The van der Waals surface area contributed by atoms with Crippen LogP contribution >= 0.6 is 0 Å². The number of rotatable bonds is 4. The lowest BCUT2D eigenvalue weighted by atomic mass is 9.84. The van der Waals surface area contributed by atoms with Crippen molar-refractivity contribution in [1.82, 2.24) is 15.1 Å². The maximum Gasteiger partial charge on any atom is 0.119 e. The molecule has 1 aromatic carbocycles. The molecule has 3 nitrogen and oxygen atoms in total. The highest BCUT2D eigenvalue weighted by atomic mass is 19.1. The summed E-state index contributed by atoms with van der Waals surface area (Å²) in [4.78, 5) is 4.91. The van der Waals surface area contributed by atoms with Gasteiger partial charge in [-0.1, -0.05) is 29.8 Å². The quantitative estimate of drug-likeness (QED) is 0.845. The number of allylic oxidation sites excluding steroid dienone is 2. The molecule has 3 atom stereocenters. The molecule has 28 heavy (non-hydrogen) atoms. The molecule has 4 rings (SSSR count). The van der Waals surface area contributed by atoms with Gasteiger partial charge in [-0.15, -0.1) is 0 Å². The second kappa shape index (κ2) is 7.16. The predicted octanol–water partition coefficient (Wildman–Crippen LogP) is 4.14. The van der Waals surface area contributed by atoms with Crippen LogP contribution in [0.4, 0.5) is 4.39 Å². The first-order valence-electron chi connectivity index (χ1n) is 10.3. The van der Waals surface area contributed by atoms with Gasteiger partial charge in [0.2, 0.25) is 0 Å². The first-order valence-corrected chi connectivity index (χ1v) is 10.3. The Kier molecular flexibility index (Phi) is 4.96. The van der Waals surface area contributed by atoms with E-state index in [-0.39, 0.29) is 11.4 Å². The van der Waals surface area contributed by atoms with E-state index in [0.29, 0.717) is 18.4 Å². The van der Waals surface area contributed by atoms with Gasteiger partial charge < -0.3 is 10.2 Å². The lowest BCUT2D eigenvalue weighted by molar-refractivity contribution is 0.267. The van der Waals surface area contributed by atoms with Crippen LogP contribution in [0, 0.1) is 6.92 Å². The standard InChI is InChI=1S/C24H32FN3/c1-16-6-8-18(9-7-16)20-13-28(15-23(20)27(4)5)14-22-17(2)21-12-19(25)10-11-24(21,3)26-22/h6-10,12,20,23,26H,11,13-15H2,1-5H3. The van der Waals surface area contributed by atoms with Crippen LogP contribution in [0.5, 0.6) is 0 Å². The van der Waals surface area contributed by atoms with Gasteiger partial charge in [0, 0.05) is 37.3 Å². The first-order chi connectivity index (χ1) is 13.3. The largest absolute Gasteiger partial charge is 0.377 e. The van der Waals surface area contributed by atoms with E-state index < -0.39 is 0 Å². The molecule has 2 aliphatic heterocycles. The number of nitrogens with zero attached hydrogens (tertiary/aromatic N) is 2. The third-order valence-corrected chi connectivity index (χ3v) is 6.78. The zero-order chi connectivity index (χ0) is 20.1. The summed E-state index contributed by atoms with van der Waals surface area (Å²) in [7, 11) is 4.37. The summed E-state index contributed by atoms with van der Waals surface area (Å²) in [6.07, 6.45) is 4.11. The lowest BCUT2D eigenvalue weighted by Crippen LogP contribution is -2.41. The average molecular weight is 382 g/mol. The van der Waals surface area contributed by atoms with Gasteiger partial charge in [0.25, 0.3) is 0 Å². The third-order valence-electron chi connectivity index (χ3n) is 6.78. The summed E-state index contributed by atoms with van der Waals surface area (Å²) in [6, 6.07) is 9.51. The highest BCUT2D eigenvalue weighted by molar-refractivity contribution is 5.52. The van der Waals surface area contributed by atoms with Gasteiger partial charge in [0.05, 0.1) is 5.54 Å². The molecule has 1 N–H and O–H groups in total. The SMILES string of the molecule is CC1=C(CN2CC(c3ccc(C)cc3)C(N(C)C)C2)NC2(C)CC=C(F)C=C12. The molecule has 1 saturated heterocycles. The van der Waals surface area contributed by atoms with Crippen molar-refractivity contribution in [2.45, 2.75) is 44.7 Å². The van der Waals surface area contributed by atoms with Crippen molar-refractivity contribution >= 4 is 0 Å². The molecular formula is C24H32FN3. The van der Waals surface area contributed by atoms with Crippen molar-refractivity contribution in [3.05, 3.63) is 70.2 Å². The number of likely N-dealkylation sites (N-methyl/N-ethyl adjacent to an activating group) is 1. The maximum atomic E-state index is 13.8. The fourth-order valence-corrected chi connectivity index (χ4v) is 5.04. The highest BCUT2D eigenvalue weighted by Crippen LogP contribution is 2.40. The Morgan fingerprint density at radius 1 is 1.18 bits per heavy atom. The zero-order valence-corrected chi connectivity index (χ0v) is 17.7. The molecule has 0 radical (unpaired) electrons. The van der Waals surface area contributed by atoms with Crippen LogP contribution in [0.25, 0.3) is 0 Å². The van der Waals surface area contributed by atoms with Crippen molar-refractivity contribution in [3.63, 3.8) is 0 Å². The maximum absolute atomic E-state index is 13.8. The molecule has 0 aromatic heterocycles. The molecule has 3 aliphatic rings. The van der Waals surface area contributed by atoms with E-state index in [1.165, 1.54) is 22.4 Å². The van der Waals surface area contributed by atoms with Gasteiger partial charge in [-0.3, -0.25) is 4.90 Å². The molecule has 150 valence electrons. The summed E-state index contributed by atoms with van der Waals surface area (Å²) in [5, 5.41) is 3.72. The second-order valence-corrected chi connectivity index (χ2v) is 9.15. The molecule has 3 unspecified atom stereocenters. The minimum atomic E-state index is -0.161. The number of nitrogens with one attached hydrogen (secondary N) is 1. The Morgan fingerprint density at radius 3 is 2.57 bits per heavy atom. The van der Waals surface area contributed by atoms with Gasteiger partial charge in [0.1, 0.15) is 5.83 Å². The van der Waals surface area contributed by atoms with Crippen LogP contribution in [0.15, 0.2) is 59.1 Å². The number of likely N-dealkylation sites (tertiary alicyclic amines) is 1. The monoisotopic (exact) mass is 381 g/mol. The number of aryl methyl sites for hydroxylation is 1. The Hall–Kier alpha value is -1.91. The smallest absolute Gasteiger partial charge is 0.119 e. The Bertz CT molecular complexity index is 849. The second-order valence-electron chi connectivity index (χ2n) is 9.15. The van der Waals surface area contributed by atoms with E-state index in [9.17, 15) is 4.39 Å². The normalized spacial score (nSPS) is 30.4. The lowest BCUT2D eigenvalue weighted by Gasteiger charge is -2.30. The summed E-state index contributed by atoms with van der Waals surface area (Å²) in [6.45, 7) is 9.45. The van der Waals surface area contributed by atoms with E-state index in [2.05, 4.69) is 74.2 Å². The zero-order valence-electron chi connectivity index (χ0n) is 17.7. The van der Waals surface area contributed by atoms with E-state index >= 15 is 0 Å². The van der Waals surface area contributed by atoms with Gasteiger partial charge in [-0.25, -0.2) is 4.39 Å². The van der Waals surface area contributed by atoms with E-state index in [1.807, 2.05) is 0 Å². The summed E-state index contributed by atoms with van der Waals surface area (Å²) in [5.41, 5.74) is 6.14. The van der Waals surface area contributed by atoms with E-state index in [4.69, 9.17) is 0 Å². The third kappa shape index (κ3) is 3.44.